The second kappa shape index (κ2) is 5.78. The van der Waals surface area contributed by atoms with E-state index >= 15 is 0 Å². The predicted octanol–water partition coefficient (Wildman–Crippen LogP) is 2.84. The van der Waals surface area contributed by atoms with Crippen LogP contribution in [0.3, 0.4) is 0 Å². The maximum absolute atomic E-state index is 10.1. The van der Waals surface area contributed by atoms with Gasteiger partial charge in [0.25, 0.3) is 0 Å². The van der Waals surface area contributed by atoms with Crippen LogP contribution in [0.25, 0.3) is 0 Å². The minimum atomic E-state index is -0.378. The minimum absolute atomic E-state index is 0.0640. The van der Waals surface area contributed by atoms with Gasteiger partial charge in [0.05, 0.1) is 18.8 Å². The van der Waals surface area contributed by atoms with Gasteiger partial charge in [0.2, 0.25) is 0 Å². The lowest BCUT2D eigenvalue weighted by Crippen LogP contribution is -2.48. The Labute approximate surface area is 116 Å². The van der Waals surface area contributed by atoms with Crippen LogP contribution in [-0.2, 0) is 9.47 Å². The molecule has 4 unspecified atom stereocenters. The first-order valence-corrected chi connectivity index (χ1v) is 7.15. The molecule has 4 atom stereocenters. The first-order valence-electron chi connectivity index (χ1n) is 7.15. The summed E-state index contributed by atoms with van der Waals surface area (Å²) >= 11 is 0. The zero-order chi connectivity index (χ0) is 14.0. The summed E-state index contributed by atoms with van der Waals surface area (Å²) in [7, 11) is 1.69. The Morgan fingerprint density at radius 3 is 2.58 bits per heavy atom. The van der Waals surface area contributed by atoms with Crippen LogP contribution < -0.4 is 0 Å². The van der Waals surface area contributed by atoms with Crippen molar-refractivity contribution >= 4 is 0 Å². The first kappa shape index (κ1) is 14.8. The van der Waals surface area contributed by atoms with Crippen LogP contribution in [0.4, 0.5) is 0 Å². The Bertz CT molecular complexity index is 375. The van der Waals surface area contributed by atoms with E-state index in [9.17, 15) is 5.11 Å². The fourth-order valence-corrected chi connectivity index (χ4v) is 3.22. The van der Waals surface area contributed by atoms with Crippen LogP contribution in [0, 0.1) is 5.92 Å². The normalized spacial score (nSPS) is 38.4. The number of aliphatic hydroxyl groups is 1. The van der Waals surface area contributed by atoms with E-state index < -0.39 is 0 Å². The standard InChI is InChI=1S/C16H26O3/c1-11(2)6-5-7-12(3)14-15(18-4)13(17)8-9-16(14)10-19-16/h6-7,13-15,17H,5,8-10H2,1-4H3. The zero-order valence-corrected chi connectivity index (χ0v) is 12.5. The van der Waals surface area contributed by atoms with Crippen LogP contribution >= 0.6 is 0 Å². The maximum Gasteiger partial charge on any atom is 0.101 e. The molecule has 1 spiro atoms. The second-order valence-electron chi connectivity index (χ2n) is 6.10. The molecule has 0 aromatic rings. The Morgan fingerprint density at radius 1 is 1.37 bits per heavy atom. The molecule has 108 valence electrons. The third kappa shape index (κ3) is 3.10. The van der Waals surface area contributed by atoms with Crippen molar-refractivity contribution in [2.45, 2.75) is 57.8 Å². The zero-order valence-electron chi connectivity index (χ0n) is 12.5. The number of ether oxygens (including phenoxy) is 2. The van der Waals surface area contributed by atoms with Gasteiger partial charge >= 0.3 is 0 Å². The highest BCUT2D eigenvalue weighted by molar-refractivity contribution is 5.21. The highest BCUT2D eigenvalue weighted by Gasteiger charge is 2.58. The molecule has 1 aliphatic carbocycles. The molecule has 1 saturated carbocycles. The van der Waals surface area contributed by atoms with E-state index in [1.807, 2.05) is 0 Å². The maximum atomic E-state index is 10.1. The monoisotopic (exact) mass is 266 g/mol. The van der Waals surface area contributed by atoms with Crippen molar-refractivity contribution in [3.05, 3.63) is 23.3 Å². The van der Waals surface area contributed by atoms with E-state index in [2.05, 4.69) is 32.9 Å². The highest BCUT2D eigenvalue weighted by Crippen LogP contribution is 2.50. The summed E-state index contributed by atoms with van der Waals surface area (Å²) in [6.45, 7) is 7.16. The van der Waals surface area contributed by atoms with Crippen molar-refractivity contribution in [2.24, 2.45) is 5.92 Å². The molecule has 3 nitrogen and oxygen atoms in total. The van der Waals surface area contributed by atoms with Crippen LogP contribution in [0.1, 0.15) is 40.0 Å². The van der Waals surface area contributed by atoms with E-state index in [-0.39, 0.29) is 23.7 Å². The summed E-state index contributed by atoms with van der Waals surface area (Å²) < 4.78 is 11.3. The molecule has 0 radical (unpaired) electrons. The predicted molar refractivity (Wildman–Crippen MR) is 76.0 cm³/mol. The minimum Gasteiger partial charge on any atom is -0.390 e. The quantitative estimate of drug-likeness (QED) is 0.628. The lowest BCUT2D eigenvalue weighted by atomic mass is 9.72. The molecule has 2 fully saturated rings. The fourth-order valence-electron chi connectivity index (χ4n) is 3.22. The number of epoxide rings is 1. The molecule has 1 aliphatic heterocycles. The molecule has 0 aromatic heterocycles. The third-order valence-electron chi connectivity index (χ3n) is 4.38. The average Bonchev–Trinajstić information content (AvgIpc) is 3.12. The second-order valence-corrected chi connectivity index (χ2v) is 6.10. The first-order chi connectivity index (χ1) is 9.00. The molecular formula is C16H26O3. The fraction of sp³-hybridized carbons (Fsp3) is 0.750. The number of rotatable bonds is 4. The molecule has 0 bridgehead atoms. The number of hydrogen-bond acceptors (Lipinski definition) is 3. The van der Waals surface area contributed by atoms with Crippen LogP contribution in [-0.4, -0.2) is 36.6 Å². The Hall–Kier alpha value is -0.640. The largest absolute Gasteiger partial charge is 0.390 e. The van der Waals surface area contributed by atoms with Gasteiger partial charge in [-0.05, 0) is 40.0 Å². The summed E-state index contributed by atoms with van der Waals surface area (Å²) in [5.74, 6) is 0.187. The van der Waals surface area contributed by atoms with Gasteiger partial charge in [0.15, 0.2) is 0 Å². The molecule has 0 amide bonds. The van der Waals surface area contributed by atoms with E-state index in [0.29, 0.717) is 0 Å². The molecule has 3 heteroatoms. The highest BCUT2D eigenvalue weighted by atomic mass is 16.6. The van der Waals surface area contributed by atoms with E-state index in [4.69, 9.17) is 9.47 Å². The number of methoxy groups -OCH3 is 1. The molecule has 1 saturated heterocycles. The van der Waals surface area contributed by atoms with Crippen molar-refractivity contribution in [2.75, 3.05) is 13.7 Å². The molecule has 1 heterocycles. The summed E-state index contributed by atoms with van der Waals surface area (Å²) in [5, 5.41) is 10.1. The van der Waals surface area contributed by atoms with Gasteiger partial charge in [-0.1, -0.05) is 23.3 Å². The number of allylic oxidation sites excluding steroid dienone is 3. The smallest absolute Gasteiger partial charge is 0.101 e. The van der Waals surface area contributed by atoms with E-state index in [1.165, 1.54) is 11.1 Å². The van der Waals surface area contributed by atoms with Gasteiger partial charge in [-0.25, -0.2) is 0 Å². The lowest BCUT2D eigenvalue weighted by molar-refractivity contribution is -0.0849. The number of hydrogen-bond donors (Lipinski definition) is 1. The van der Waals surface area contributed by atoms with Crippen molar-refractivity contribution < 1.29 is 14.6 Å². The van der Waals surface area contributed by atoms with Gasteiger partial charge in [0, 0.05) is 13.0 Å². The van der Waals surface area contributed by atoms with Crippen molar-refractivity contribution in [3.63, 3.8) is 0 Å². The molecule has 19 heavy (non-hydrogen) atoms. The van der Waals surface area contributed by atoms with Gasteiger partial charge < -0.3 is 14.6 Å². The molecule has 0 aromatic carbocycles. The Morgan fingerprint density at radius 2 is 2.05 bits per heavy atom. The summed E-state index contributed by atoms with van der Waals surface area (Å²) in [5.41, 5.74) is 2.54. The van der Waals surface area contributed by atoms with Crippen LogP contribution in [0.5, 0.6) is 0 Å². The average molecular weight is 266 g/mol. The number of aliphatic hydroxyl groups excluding tert-OH is 1. The molecule has 2 rings (SSSR count). The topological polar surface area (TPSA) is 42.0 Å². The Kier molecular flexibility index (Phi) is 4.49. The Balaban J connectivity index is 2.15. The van der Waals surface area contributed by atoms with Crippen molar-refractivity contribution in [3.8, 4) is 0 Å². The summed E-state index contributed by atoms with van der Waals surface area (Å²) in [6, 6.07) is 0. The SMILES string of the molecule is COC1C(O)CCC2(CO2)C1C(C)=CCC=C(C)C. The van der Waals surface area contributed by atoms with Crippen molar-refractivity contribution in [1.29, 1.82) is 0 Å². The molecule has 2 aliphatic rings. The molecular weight excluding hydrogens is 240 g/mol. The van der Waals surface area contributed by atoms with Gasteiger partial charge in [-0.3, -0.25) is 0 Å². The van der Waals surface area contributed by atoms with Crippen LogP contribution in [0.15, 0.2) is 23.3 Å². The summed E-state index contributed by atoms with van der Waals surface area (Å²) in [4.78, 5) is 0. The van der Waals surface area contributed by atoms with Gasteiger partial charge in [-0.2, -0.15) is 0 Å². The van der Waals surface area contributed by atoms with Gasteiger partial charge in [0.1, 0.15) is 5.60 Å². The van der Waals surface area contributed by atoms with E-state index in [1.54, 1.807) is 7.11 Å². The lowest BCUT2D eigenvalue weighted by Gasteiger charge is -2.39. The van der Waals surface area contributed by atoms with Crippen molar-refractivity contribution in [1.82, 2.24) is 0 Å². The molecule has 1 N–H and O–H groups in total. The third-order valence-corrected chi connectivity index (χ3v) is 4.38. The van der Waals surface area contributed by atoms with Gasteiger partial charge in [-0.15, -0.1) is 0 Å². The van der Waals surface area contributed by atoms with E-state index in [0.717, 1.165) is 25.9 Å². The summed E-state index contributed by atoms with van der Waals surface area (Å²) in [6.07, 6.45) is 6.59. The van der Waals surface area contributed by atoms with Crippen LogP contribution in [0.2, 0.25) is 0 Å².